The predicted octanol–water partition coefficient (Wildman–Crippen LogP) is 3.51. The highest BCUT2D eigenvalue weighted by atomic mass is 32.1. The van der Waals surface area contributed by atoms with Gasteiger partial charge in [-0.1, -0.05) is 52.2 Å². The molecular weight excluding hydrogens is 139 g/mol. The maximum Gasteiger partial charge on any atom is 0.205 e. The van der Waals surface area contributed by atoms with Gasteiger partial charge in [0.15, 0.2) is 0 Å². The van der Waals surface area contributed by atoms with Gasteiger partial charge < -0.3 is 0 Å². The van der Waals surface area contributed by atoms with E-state index >= 15 is 0 Å². The minimum atomic E-state index is 0.667. The molecule has 0 heterocycles. The Bertz CT molecular complexity index is 58.3. The fourth-order valence-corrected chi connectivity index (χ4v) is 1.39. The highest BCUT2D eigenvalue weighted by molar-refractivity contribution is 8.10. The standard InChI is InChI=1S/C8H19BS/c1-3-5-7-9(10)8-6-4-2/h10H,3-8H2,1-2H3. The van der Waals surface area contributed by atoms with E-state index in [0.717, 1.165) is 0 Å². The lowest BCUT2D eigenvalue weighted by atomic mass is 9.66. The SMILES string of the molecule is CCCCB(S)CCCC. The Morgan fingerprint density at radius 1 is 1.00 bits per heavy atom. The average Bonchev–Trinajstić information content (AvgIpc) is 1.97. The van der Waals surface area contributed by atoms with Crippen LogP contribution < -0.4 is 0 Å². The van der Waals surface area contributed by atoms with Gasteiger partial charge in [-0.3, -0.25) is 0 Å². The van der Waals surface area contributed by atoms with Gasteiger partial charge in [0.2, 0.25) is 5.99 Å². The molecule has 0 saturated carbocycles. The molecule has 0 aliphatic carbocycles. The second kappa shape index (κ2) is 7.52. The van der Waals surface area contributed by atoms with Crippen LogP contribution in [0.2, 0.25) is 12.6 Å². The molecule has 0 spiro atoms. The lowest BCUT2D eigenvalue weighted by molar-refractivity contribution is 0.849. The molecule has 0 aliphatic heterocycles. The zero-order valence-corrected chi connectivity index (χ0v) is 8.16. The Kier molecular flexibility index (Phi) is 7.83. The van der Waals surface area contributed by atoms with Crippen LogP contribution in [-0.4, -0.2) is 5.99 Å². The van der Waals surface area contributed by atoms with Crippen LogP contribution in [0.1, 0.15) is 39.5 Å². The molecule has 0 aromatic carbocycles. The number of hydrogen-bond acceptors (Lipinski definition) is 1. The third-order valence-electron chi connectivity index (χ3n) is 1.78. The molecule has 0 aromatic heterocycles. The maximum absolute atomic E-state index is 4.50. The summed E-state index contributed by atoms with van der Waals surface area (Å²) >= 11 is 4.50. The number of rotatable bonds is 6. The van der Waals surface area contributed by atoms with Crippen molar-refractivity contribution in [2.24, 2.45) is 0 Å². The average molecular weight is 158 g/mol. The summed E-state index contributed by atoms with van der Waals surface area (Å²) in [7, 11) is 0. The van der Waals surface area contributed by atoms with E-state index in [4.69, 9.17) is 0 Å². The van der Waals surface area contributed by atoms with E-state index in [1.54, 1.807) is 0 Å². The van der Waals surface area contributed by atoms with Crippen LogP contribution in [0.4, 0.5) is 0 Å². The van der Waals surface area contributed by atoms with E-state index < -0.39 is 0 Å². The molecule has 60 valence electrons. The summed E-state index contributed by atoms with van der Waals surface area (Å²) in [6, 6.07) is 0. The fourth-order valence-electron chi connectivity index (χ4n) is 1.02. The van der Waals surface area contributed by atoms with E-state index in [2.05, 4.69) is 26.3 Å². The zero-order valence-electron chi connectivity index (χ0n) is 7.27. The predicted molar refractivity (Wildman–Crippen MR) is 54.2 cm³/mol. The molecule has 0 saturated heterocycles. The van der Waals surface area contributed by atoms with Crippen molar-refractivity contribution >= 4 is 18.5 Å². The smallest absolute Gasteiger partial charge is 0.205 e. The van der Waals surface area contributed by atoms with Gasteiger partial charge in [0.05, 0.1) is 0 Å². The van der Waals surface area contributed by atoms with E-state index in [0.29, 0.717) is 5.99 Å². The highest BCUT2D eigenvalue weighted by Gasteiger charge is 2.05. The van der Waals surface area contributed by atoms with Gasteiger partial charge >= 0.3 is 0 Å². The molecule has 0 atom stereocenters. The second-order valence-corrected chi connectivity index (χ2v) is 3.67. The molecule has 0 radical (unpaired) electrons. The summed E-state index contributed by atoms with van der Waals surface area (Å²) in [6.07, 6.45) is 7.92. The Morgan fingerprint density at radius 2 is 1.40 bits per heavy atom. The van der Waals surface area contributed by atoms with Gasteiger partial charge in [-0.25, -0.2) is 12.5 Å². The van der Waals surface area contributed by atoms with Crippen molar-refractivity contribution in [1.82, 2.24) is 0 Å². The van der Waals surface area contributed by atoms with Crippen LogP contribution in [0.25, 0.3) is 0 Å². The third kappa shape index (κ3) is 6.53. The van der Waals surface area contributed by atoms with Gasteiger partial charge in [0.25, 0.3) is 0 Å². The molecular formula is C8H19BS. The Balaban J connectivity index is 3.00. The summed E-state index contributed by atoms with van der Waals surface area (Å²) < 4.78 is 0. The molecule has 0 aliphatic rings. The quantitative estimate of drug-likeness (QED) is 0.443. The second-order valence-electron chi connectivity index (χ2n) is 2.94. The molecule has 0 amide bonds. The normalized spacial score (nSPS) is 9.90. The summed E-state index contributed by atoms with van der Waals surface area (Å²) in [5, 5.41) is 0. The summed E-state index contributed by atoms with van der Waals surface area (Å²) in [5.41, 5.74) is 0. The molecule has 0 bridgehead atoms. The molecule has 0 N–H and O–H groups in total. The molecule has 0 nitrogen and oxygen atoms in total. The van der Waals surface area contributed by atoms with Crippen molar-refractivity contribution in [1.29, 1.82) is 0 Å². The third-order valence-corrected chi connectivity index (χ3v) is 2.30. The fraction of sp³-hybridized carbons (Fsp3) is 1.00. The monoisotopic (exact) mass is 158 g/mol. The van der Waals surface area contributed by atoms with Crippen LogP contribution in [0.3, 0.4) is 0 Å². The van der Waals surface area contributed by atoms with Gasteiger partial charge in [0.1, 0.15) is 0 Å². The minimum Gasteiger partial charge on any atom is -0.227 e. The van der Waals surface area contributed by atoms with Gasteiger partial charge in [-0.05, 0) is 0 Å². The van der Waals surface area contributed by atoms with Gasteiger partial charge in [-0.2, -0.15) is 0 Å². The maximum atomic E-state index is 4.50. The molecule has 2 heteroatoms. The summed E-state index contributed by atoms with van der Waals surface area (Å²) in [4.78, 5) is 0. The van der Waals surface area contributed by atoms with E-state index in [-0.39, 0.29) is 0 Å². The number of hydrogen-bond donors (Lipinski definition) is 1. The Hall–Kier alpha value is 0.415. The van der Waals surface area contributed by atoms with Crippen molar-refractivity contribution in [2.75, 3.05) is 0 Å². The molecule has 0 rings (SSSR count). The lowest BCUT2D eigenvalue weighted by Crippen LogP contribution is -2.01. The van der Waals surface area contributed by atoms with E-state index in [9.17, 15) is 0 Å². The topological polar surface area (TPSA) is 0 Å². The highest BCUT2D eigenvalue weighted by Crippen LogP contribution is 2.11. The molecule has 10 heavy (non-hydrogen) atoms. The first-order chi connectivity index (χ1) is 4.81. The van der Waals surface area contributed by atoms with Gasteiger partial charge in [0, 0.05) is 0 Å². The molecule has 0 aromatic rings. The zero-order chi connectivity index (χ0) is 7.82. The van der Waals surface area contributed by atoms with Crippen LogP contribution in [0.15, 0.2) is 0 Å². The summed E-state index contributed by atoms with van der Waals surface area (Å²) in [5.74, 6) is 0.667. The van der Waals surface area contributed by atoms with Crippen molar-refractivity contribution in [3.63, 3.8) is 0 Å². The van der Waals surface area contributed by atoms with E-state index in [1.165, 1.54) is 38.3 Å². The van der Waals surface area contributed by atoms with Gasteiger partial charge in [-0.15, -0.1) is 0 Å². The van der Waals surface area contributed by atoms with Crippen LogP contribution in [0.5, 0.6) is 0 Å². The first kappa shape index (κ1) is 10.4. The van der Waals surface area contributed by atoms with Crippen LogP contribution in [0, 0.1) is 0 Å². The first-order valence-corrected chi connectivity index (χ1v) is 5.01. The van der Waals surface area contributed by atoms with Crippen molar-refractivity contribution in [3.05, 3.63) is 0 Å². The largest absolute Gasteiger partial charge is 0.227 e. The molecule has 0 unspecified atom stereocenters. The number of unbranched alkanes of at least 4 members (excludes halogenated alkanes) is 2. The van der Waals surface area contributed by atoms with Crippen molar-refractivity contribution in [2.45, 2.75) is 52.2 Å². The van der Waals surface area contributed by atoms with Crippen molar-refractivity contribution in [3.8, 4) is 0 Å². The summed E-state index contributed by atoms with van der Waals surface area (Å²) in [6.45, 7) is 4.47. The first-order valence-electron chi connectivity index (χ1n) is 4.49. The van der Waals surface area contributed by atoms with E-state index in [1.807, 2.05) is 0 Å². The minimum absolute atomic E-state index is 0.667. The van der Waals surface area contributed by atoms with Crippen LogP contribution in [-0.2, 0) is 0 Å². The lowest BCUT2D eigenvalue weighted by Gasteiger charge is -2.03. The van der Waals surface area contributed by atoms with Crippen LogP contribution >= 0.6 is 12.5 Å². The Morgan fingerprint density at radius 3 is 1.70 bits per heavy atom. The molecule has 0 fully saturated rings. The van der Waals surface area contributed by atoms with Crippen molar-refractivity contribution < 1.29 is 0 Å². The number of thiol groups is 1. The Labute approximate surface area is 71.2 Å².